The van der Waals surface area contributed by atoms with E-state index < -0.39 is 29.6 Å². The molecule has 0 bridgehead atoms. The summed E-state index contributed by atoms with van der Waals surface area (Å²) in [5.74, 6) is -2.20. The van der Waals surface area contributed by atoms with Crippen LogP contribution in [0.15, 0.2) is 36.4 Å². The van der Waals surface area contributed by atoms with E-state index in [2.05, 4.69) is 5.32 Å². The van der Waals surface area contributed by atoms with Crippen molar-refractivity contribution in [2.75, 3.05) is 7.11 Å². The molecule has 0 spiro atoms. The summed E-state index contributed by atoms with van der Waals surface area (Å²) >= 11 is 6.27. The Kier molecular flexibility index (Phi) is 6.31. The number of aromatic nitrogens is 1. The molecule has 3 aromatic rings. The van der Waals surface area contributed by atoms with Crippen molar-refractivity contribution in [2.24, 2.45) is 0 Å². The molecule has 0 aliphatic carbocycles. The monoisotopic (exact) mass is 446 g/mol. The van der Waals surface area contributed by atoms with Crippen molar-refractivity contribution in [3.05, 3.63) is 64.1 Å². The van der Waals surface area contributed by atoms with Crippen molar-refractivity contribution >= 4 is 40.3 Å². The normalized spacial score (nSPS) is 11.9. The summed E-state index contributed by atoms with van der Waals surface area (Å²) in [6, 6.07) is 7.24. The Bertz CT molecular complexity index is 1190. The maximum absolute atomic E-state index is 13.3. The molecule has 1 atom stereocenters. The maximum atomic E-state index is 13.3. The van der Waals surface area contributed by atoms with Crippen LogP contribution in [0.1, 0.15) is 28.5 Å². The lowest BCUT2D eigenvalue weighted by Crippen LogP contribution is -2.39. The quantitative estimate of drug-likeness (QED) is 0.603. The Morgan fingerprint density at radius 2 is 1.87 bits per heavy atom. The number of halogens is 2. The van der Waals surface area contributed by atoms with E-state index in [-0.39, 0.29) is 17.0 Å². The van der Waals surface area contributed by atoms with Crippen LogP contribution in [-0.2, 0) is 16.0 Å². The van der Waals surface area contributed by atoms with E-state index >= 15 is 0 Å². The summed E-state index contributed by atoms with van der Waals surface area (Å²) in [5, 5.41) is 12.3. The number of ether oxygens (including phenoxy) is 1. The molecule has 3 rings (SSSR count). The highest BCUT2D eigenvalue weighted by Gasteiger charge is 2.24. The molecule has 0 aliphatic rings. The van der Waals surface area contributed by atoms with Crippen LogP contribution in [0.2, 0.25) is 5.02 Å². The number of methoxy groups -OCH3 is 1. The Hall–Kier alpha value is -3.39. The van der Waals surface area contributed by atoms with Crippen molar-refractivity contribution in [3.63, 3.8) is 0 Å². The van der Waals surface area contributed by atoms with Crippen LogP contribution >= 0.6 is 11.6 Å². The van der Waals surface area contributed by atoms with Gasteiger partial charge in [0.1, 0.15) is 17.6 Å². The van der Waals surface area contributed by atoms with Crippen LogP contribution < -0.4 is 10.1 Å². The number of benzene rings is 2. The molecule has 2 aromatic carbocycles. The molecular formula is C22H20ClFN2O5. The van der Waals surface area contributed by atoms with Gasteiger partial charge in [-0.1, -0.05) is 11.6 Å². The first-order chi connectivity index (χ1) is 14.6. The van der Waals surface area contributed by atoms with Gasteiger partial charge in [0.05, 0.1) is 24.1 Å². The van der Waals surface area contributed by atoms with E-state index in [1.54, 1.807) is 19.1 Å². The summed E-state index contributed by atoms with van der Waals surface area (Å²) in [6.45, 7) is 3.03. The van der Waals surface area contributed by atoms with Gasteiger partial charge in [-0.3, -0.25) is 19.0 Å². The third-order valence-electron chi connectivity index (χ3n) is 4.99. The Balaban J connectivity index is 2.14. The minimum atomic E-state index is -1.16. The number of rotatable bonds is 6. The second kappa shape index (κ2) is 8.77. The molecule has 0 saturated carbocycles. The van der Waals surface area contributed by atoms with Crippen LogP contribution in [0.4, 0.5) is 4.39 Å². The molecular weight excluding hydrogens is 427 g/mol. The van der Waals surface area contributed by atoms with Gasteiger partial charge in [-0.25, -0.2) is 4.39 Å². The van der Waals surface area contributed by atoms with E-state index in [0.29, 0.717) is 27.9 Å². The van der Waals surface area contributed by atoms with E-state index in [9.17, 15) is 18.8 Å². The van der Waals surface area contributed by atoms with Gasteiger partial charge in [0, 0.05) is 16.6 Å². The van der Waals surface area contributed by atoms with E-state index in [4.69, 9.17) is 21.4 Å². The number of aliphatic carboxylic acids is 1. The molecule has 9 heteroatoms. The van der Waals surface area contributed by atoms with Crippen molar-refractivity contribution in [1.82, 2.24) is 9.88 Å². The number of carbonyl (C=O) groups is 3. The largest absolute Gasteiger partial charge is 0.495 e. The summed E-state index contributed by atoms with van der Waals surface area (Å²) in [4.78, 5) is 36.7. The molecule has 1 amide bonds. The SMILES string of the molecule is COc1cc2c(CC(=O)NC(C)C(=O)O)c(C)n(C(=O)c3ccc(F)cc3)c2cc1Cl. The zero-order chi connectivity index (χ0) is 22.9. The summed E-state index contributed by atoms with van der Waals surface area (Å²) in [7, 11) is 1.45. The van der Waals surface area contributed by atoms with E-state index in [1.807, 2.05) is 0 Å². The van der Waals surface area contributed by atoms with E-state index in [1.165, 1.54) is 42.9 Å². The number of amides is 1. The number of carboxylic acid groups (broad SMARTS) is 1. The first-order valence-electron chi connectivity index (χ1n) is 9.34. The van der Waals surface area contributed by atoms with Crippen LogP contribution in [0.5, 0.6) is 5.75 Å². The first kappa shape index (κ1) is 22.3. The van der Waals surface area contributed by atoms with Crippen molar-refractivity contribution in [1.29, 1.82) is 0 Å². The summed E-state index contributed by atoms with van der Waals surface area (Å²) in [5.41, 5.74) is 1.71. The first-order valence-corrected chi connectivity index (χ1v) is 9.71. The fourth-order valence-corrected chi connectivity index (χ4v) is 3.59. The van der Waals surface area contributed by atoms with Crippen molar-refractivity contribution < 1.29 is 28.6 Å². The van der Waals surface area contributed by atoms with Crippen LogP contribution in [0.3, 0.4) is 0 Å². The lowest BCUT2D eigenvalue weighted by atomic mass is 10.1. The number of hydrogen-bond acceptors (Lipinski definition) is 4. The molecule has 7 nitrogen and oxygen atoms in total. The Labute approximate surface area is 182 Å². The van der Waals surface area contributed by atoms with Crippen LogP contribution in [0, 0.1) is 12.7 Å². The van der Waals surface area contributed by atoms with Gasteiger partial charge >= 0.3 is 5.97 Å². The number of carboxylic acids is 1. The predicted molar refractivity (Wildman–Crippen MR) is 113 cm³/mol. The molecule has 162 valence electrons. The zero-order valence-electron chi connectivity index (χ0n) is 17.0. The minimum absolute atomic E-state index is 0.158. The highest BCUT2D eigenvalue weighted by Crippen LogP contribution is 2.35. The molecule has 0 fully saturated rings. The highest BCUT2D eigenvalue weighted by molar-refractivity contribution is 6.33. The molecule has 2 N–H and O–H groups in total. The lowest BCUT2D eigenvalue weighted by molar-refractivity contribution is -0.141. The number of carbonyl (C=O) groups excluding carboxylic acids is 2. The molecule has 0 saturated heterocycles. The second-order valence-electron chi connectivity index (χ2n) is 7.02. The highest BCUT2D eigenvalue weighted by atomic mass is 35.5. The average Bonchev–Trinajstić information content (AvgIpc) is 2.97. The van der Waals surface area contributed by atoms with Gasteiger partial charge < -0.3 is 15.2 Å². The number of nitrogens with zero attached hydrogens (tertiary/aromatic N) is 1. The number of nitrogens with one attached hydrogen (secondary N) is 1. The summed E-state index contributed by atoms with van der Waals surface area (Å²) < 4.78 is 20.0. The molecule has 0 radical (unpaired) electrons. The van der Waals surface area contributed by atoms with Gasteiger partial charge in [-0.15, -0.1) is 0 Å². The fraction of sp³-hybridized carbons (Fsp3) is 0.227. The lowest BCUT2D eigenvalue weighted by Gasteiger charge is -2.10. The topological polar surface area (TPSA) is 97.6 Å². The predicted octanol–water partition coefficient (Wildman–Crippen LogP) is 3.57. The molecule has 1 heterocycles. The van der Waals surface area contributed by atoms with Crippen LogP contribution in [-0.4, -0.2) is 40.6 Å². The Morgan fingerprint density at radius 3 is 2.45 bits per heavy atom. The minimum Gasteiger partial charge on any atom is -0.495 e. The van der Waals surface area contributed by atoms with Gasteiger partial charge in [-0.2, -0.15) is 0 Å². The van der Waals surface area contributed by atoms with Gasteiger partial charge in [0.25, 0.3) is 5.91 Å². The van der Waals surface area contributed by atoms with Crippen molar-refractivity contribution in [3.8, 4) is 5.75 Å². The molecule has 1 aromatic heterocycles. The fourth-order valence-electron chi connectivity index (χ4n) is 3.36. The number of fused-ring (bicyclic) bond motifs is 1. The van der Waals surface area contributed by atoms with Crippen molar-refractivity contribution in [2.45, 2.75) is 26.3 Å². The molecule has 1 unspecified atom stereocenters. The number of hydrogen-bond donors (Lipinski definition) is 2. The smallest absolute Gasteiger partial charge is 0.325 e. The standard InChI is InChI=1S/C22H20ClFN2O5/c1-11(22(29)30)25-20(27)9-15-12(2)26(21(28)13-4-6-14(24)7-5-13)18-10-17(23)19(31-3)8-16(15)18/h4-8,10-11H,9H2,1-3H3,(H,25,27)(H,29,30). The van der Waals surface area contributed by atoms with Gasteiger partial charge in [-0.05, 0) is 55.8 Å². The van der Waals surface area contributed by atoms with E-state index in [0.717, 1.165) is 0 Å². The third kappa shape index (κ3) is 4.39. The molecule has 31 heavy (non-hydrogen) atoms. The second-order valence-corrected chi connectivity index (χ2v) is 7.43. The maximum Gasteiger partial charge on any atom is 0.325 e. The molecule has 0 aliphatic heterocycles. The van der Waals surface area contributed by atoms with Crippen LogP contribution in [0.25, 0.3) is 10.9 Å². The summed E-state index contributed by atoms with van der Waals surface area (Å²) in [6.07, 6.45) is -0.158. The van der Waals surface area contributed by atoms with Gasteiger partial charge in [0.2, 0.25) is 5.91 Å². The average molecular weight is 447 g/mol. The van der Waals surface area contributed by atoms with Gasteiger partial charge in [0.15, 0.2) is 0 Å². The third-order valence-corrected chi connectivity index (χ3v) is 5.28. The Morgan fingerprint density at radius 1 is 1.23 bits per heavy atom. The zero-order valence-corrected chi connectivity index (χ0v) is 17.8.